The number of likely N-dealkylation sites (tertiary alicyclic amines) is 1. The van der Waals surface area contributed by atoms with E-state index in [1.165, 1.54) is 18.1 Å². The molecule has 1 saturated heterocycles. The lowest BCUT2D eigenvalue weighted by molar-refractivity contribution is -0.143. The van der Waals surface area contributed by atoms with Gasteiger partial charge >= 0.3 is 5.97 Å². The minimum atomic E-state index is -0.989. The maximum atomic E-state index is 12.5. The number of nitriles is 1. The Hall–Kier alpha value is -2.55. The number of carboxylic acids is 1. The highest BCUT2D eigenvalue weighted by Gasteiger charge is 2.32. The lowest BCUT2D eigenvalue weighted by Gasteiger charge is -2.33. The monoisotopic (exact) mass is 288 g/mol. The summed E-state index contributed by atoms with van der Waals surface area (Å²) in [6.45, 7) is 0.420. The molecule has 1 aromatic carbocycles. The number of aliphatic carboxylic acids is 1. The molecule has 1 aliphatic rings. The quantitative estimate of drug-likeness (QED) is 0.913. The number of rotatable bonds is 3. The molecule has 1 amide bonds. The first-order valence-corrected chi connectivity index (χ1v) is 6.70. The second-order valence-electron chi connectivity index (χ2n) is 4.88. The fraction of sp³-hybridized carbons (Fsp3) is 0.400. The van der Waals surface area contributed by atoms with Crippen LogP contribution in [0.25, 0.3) is 0 Å². The van der Waals surface area contributed by atoms with Gasteiger partial charge in [-0.1, -0.05) is 0 Å². The van der Waals surface area contributed by atoms with Crippen LogP contribution < -0.4 is 4.74 Å². The highest BCUT2D eigenvalue weighted by molar-refractivity contribution is 5.97. The number of amides is 1. The van der Waals surface area contributed by atoms with Crippen molar-refractivity contribution in [1.82, 2.24) is 4.90 Å². The SMILES string of the molecule is COc1ccc(C(=O)N2CCCCC2C(=O)O)cc1C#N. The zero-order valence-electron chi connectivity index (χ0n) is 11.7. The summed E-state index contributed by atoms with van der Waals surface area (Å²) in [6.07, 6.45) is 2.05. The number of hydrogen-bond acceptors (Lipinski definition) is 4. The minimum Gasteiger partial charge on any atom is -0.495 e. The molecule has 0 aromatic heterocycles. The van der Waals surface area contributed by atoms with Crippen LogP contribution in [0.3, 0.4) is 0 Å². The molecule has 1 heterocycles. The summed E-state index contributed by atoms with van der Waals surface area (Å²) in [5.74, 6) is -0.958. The zero-order chi connectivity index (χ0) is 15.4. The molecule has 0 saturated carbocycles. The van der Waals surface area contributed by atoms with E-state index in [1.807, 2.05) is 6.07 Å². The molecule has 0 aliphatic carbocycles. The van der Waals surface area contributed by atoms with Crippen LogP contribution in [0.4, 0.5) is 0 Å². The molecule has 1 aliphatic heterocycles. The summed E-state index contributed by atoms with van der Waals surface area (Å²) in [6, 6.07) is 5.71. The molecule has 2 rings (SSSR count). The Labute approximate surface area is 122 Å². The maximum absolute atomic E-state index is 12.5. The van der Waals surface area contributed by atoms with Crippen LogP contribution in [-0.2, 0) is 4.79 Å². The number of hydrogen-bond donors (Lipinski definition) is 1. The van der Waals surface area contributed by atoms with E-state index in [1.54, 1.807) is 12.1 Å². The fourth-order valence-corrected chi connectivity index (χ4v) is 2.53. The molecule has 0 radical (unpaired) electrons. The van der Waals surface area contributed by atoms with Gasteiger partial charge < -0.3 is 14.7 Å². The first-order chi connectivity index (χ1) is 10.1. The van der Waals surface area contributed by atoms with Gasteiger partial charge in [-0.25, -0.2) is 4.79 Å². The second-order valence-corrected chi connectivity index (χ2v) is 4.88. The van der Waals surface area contributed by atoms with E-state index in [0.29, 0.717) is 24.3 Å². The average Bonchev–Trinajstić information content (AvgIpc) is 2.53. The van der Waals surface area contributed by atoms with Gasteiger partial charge in [0.05, 0.1) is 12.7 Å². The summed E-state index contributed by atoms with van der Waals surface area (Å²) < 4.78 is 5.03. The van der Waals surface area contributed by atoms with Crippen LogP contribution >= 0.6 is 0 Å². The molecule has 0 spiro atoms. The normalized spacial score (nSPS) is 17.9. The molecule has 21 heavy (non-hydrogen) atoms. The number of carboxylic acid groups (broad SMARTS) is 1. The predicted molar refractivity (Wildman–Crippen MR) is 74.0 cm³/mol. The molecule has 1 N–H and O–H groups in total. The molecule has 6 heteroatoms. The van der Waals surface area contributed by atoms with Crippen molar-refractivity contribution in [2.75, 3.05) is 13.7 Å². The summed E-state index contributed by atoms with van der Waals surface area (Å²) in [5.41, 5.74) is 0.563. The van der Waals surface area contributed by atoms with E-state index in [9.17, 15) is 14.7 Å². The Kier molecular flexibility index (Phi) is 4.43. The number of methoxy groups -OCH3 is 1. The van der Waals surface area contributed by atoms with Crippen LogP contribution in [0.1, 0.15) is 35.2 Å². The number of carbonyl (C=O) groups is 2. The largest absolute Gasteiger partial charge is 0.495 e. The minimum absolute atomic E-state index is 0.257. The van der Waals surface area contributed by atoms with E-state index in [-0.39, 0.29) is 11.5 Å². The number of nitrogens with zero attached hydrogens (tertiary/aromatic N) is 2. The number of carbonyl (C=O) groups excluding carboxylic acids is 1. The smallest absolute Gasteiger partial charge is 0.326 e. The van der Waals surface area contributed by atoms with E-state index in [0.717, 1.165) is 12.8 Å². The molecule has 6 nitrogen and oxygen atoms in total. The van der Waals surface area contributed by atoms with Gasteiger partial charge in [-0.2, -0.15) is 5.26 Å². The Morgan fingerprint density at radius 1 is 1.43 bits per heavy atom. The topological polar surface area (TPSA) is 90.6 Å². The molecule has 1 aromatic rings. The first-order valence-electron chi connectivity index (χ1n) is 6.70. The van der Waals surface area contributed by atoms with Gasteiger partial charge in [0, 0.05) is 12.1 Å². The van der Waals surface area contributed by atoms with Crippen molar-refractivity contribution in [3.8, 4) is 11.8 Å². The van der Waals surface area contributed by atoms with Crippen molar-refractivity contribution in [2.24, 2.45) is 0 Å². The lowest BCUT2D eigenvalue weighted by atomic mass is 10.0. The van der Waals surface area contributed by atoms with Crippen molar-refractivity contribution in [2.45, 2.75) is 25.3 Å². The molecule has 0 bridgehead atoms. The molecule has 1 fully saturated rings. The van der Waals surface area contributed by atoms with Gasteiger partial charge in [-0.15, -0.1) is 0 Å². The third-order valence-electron chi connectivity index (χ3n) is 3.62. The summed E-state index contributed by atoms with van der Waals surface area (Å²) in [4.78, 5) is 25.1. The molecule has 110 valence electrons. The molecule has 1 atom stereocenters. The zero-order valence-corrected chi connectivity index (χ0v) is 11.7. The van der Waals surface area contributed by atoms with Gasteiger partial charge in [0.15, 0.2) is 0 Å². The predicted octanol–water partition coefficient (Wildman–Crippen LogP) is 1.65. The third-order valence-corrected chi connectivity index (χ3v) is 3.62. The molecular formula is C15H16N2O4. The highest BCUT2D eigenvalue weighted by atomic mass is 16.5. The molecular weight excluding hydrogens is 272 g/mol. The van der Waals surface area contributed by atoms with Gasteiger partial charge in [0.25, 0.3) is 5.91 Å². The number of benzene rings is 1. The van der Waals surface area contributed by atoms with E-state index in [4.69, 9.17) is 10.00 Å². The van der Waals surface area contributed by atoms with E-state index >= 15 is 0 Å². The standard InChI is InChI=1S/C15H16N2O4/c1-21-13-6-5-10(8-11(13)9-16)14(18)17-7-3-2-4-12(17)15(19)20/h5-6,8,12H,2-4,7H2,1H3,(H,19,20). The van der Waals surface area contributed by atoms with Crippen LogP contribution in [0.15, 0.2) is 18.2 Å². The van der Waals surface area contributed by atoms with Crippen LogP contribution in [-0.4, -0.2) is 41.6 Å². The van der Waals surface area contributed by atoms with Crippen molar-refractivity contribution >= 4 is 11.9 Å². The summed E-state index contributed by atoms with van der Waals surface area (Å²) in [5, 5.41) is 18.3. The summed E-state index contributed by atoms with van der Waals surface area (Å²) >= 11 is 0. The Balaban J connectivity index is 2.30. The van der Waals surface area contributed by atoms with E-state index < -0.39 is 12.0 Å². The van der Waals surface area contributed by atoms with Crippen LogP contribution in [0.5, 0.6) is 5.75 Å². The van der Waals surface area contributed by atoms with Crippen molar-refractivity contribution in [3.63, 3.8) is 0 Å². The number of ether oxygens (including phenoxy) is 1. The fourth-order valence-electron chi connectivity index (χ4n) is 2.53. The van der Waals surface area contributed by atoms with Gasteiger partial charge in [-0.3, -0.25) is 4.79 Å². The van der Waals surface area contributed by atoms with Crippen molar-refractivity contribution in [1.29, 1.82) is 5.26 Å². The Morgan fingerprint density at radius 2 is 2.19 bits per heavy atom. The van der Waals surface area contributed by atoms with Crippen molar-refractivity contribution < 1.29 is 19.4 Å². The molecule has 1 unspecified atom stereocenters. The summed E-state index contributed by atoms with van der Waals surface area (Å²) in [7, 11) is 1.45. The van der Waals surface area contributed by atoms with Crippen LogP contribution in [0, 0.1) is 11.3 Å². The Bertz CT molecular complexity index is 606. The third kappa shape index (κ3) is 2.97. The second kappa shape index (κ2) is 6.27. The van der Waals surface area contributed by atoms with Gasteiger partial charge in [0.2, 0.25) is 0 Å². The van der Waals surface area contributed by atoms with Gasteiger partial charge in [0.1, 0.15) is 17.9 Å². The average molecular weight is 288 g/mol. The highest BCUT2D eigenvalue weighted by Crippen LogP contribution is 2.23. The van der Waals surface area contributed by atoms with E-state index in [2.05, 4.69) is 0 Å². The number of piperidine rings is 1. The van der Waals surface area contributed by atoms with Gasteiger partial charge in [-0.05, 0) is 37.5 Å². The first kappa shape index (κ1) is 14.9. The lowest BCUT2D eigenvalue weighted by Crippen LogP contribution is -2.48. The Morgan fingerprint density at radius 3 is 2.81 bits per heavy atom. The maximum Gasteiger partial charge on any atom is 0.326 e. The van der Waals surface area contributed by atoms with Crippen LogP contribution in [0.2, 0.25) is 0 Å². The van der Waals surface area contributed by atoms with Crippen molar-refractivity contribution in [3.05, 3.63) is 29.3 Å².